The maximum Gasteiger partial charge on any atom is 0.164 e. The van der Waals surface area contributed by atoms with Crippen molar-refractivity contribution >= 4 is 43.7 Å². The Balaban J connectivity index is 1.20. The first kappa shape index (κ1) is 19.8. The van der Waals surface area contributed by atoms with Crippen molar-refractivity contribution in [2.75, 3.05) is 0 Å². The standard InChI is InChI=1S/C45H28N4O/c1-4-12-29(13-5-1)32-20-23-36-35-18-10-11-19-39(35)49(40(36)27-32)34-22-25-42-38(28-34)37-26-33(21-24-41(37)50-42)45-47-43(30-14-6-2-7-15-30)46-44(48-45)31-16-8-3-9-17-31/h1-28H/i2D,3D,6D,7D,8D,9D,14D,15D,16D,17D. The Hall–Kier alpha value is -6.85. The molecule has 234 valence electrons. The van der Waals surface area contributed by atoms with Gasteiger partial charge in [-0.05, 0) is 59.7 Å². The number of furan rings is 1. The molecule has 0 saturated heterocycles. The van der Waals surface area contributed by atoms with Crippen LogP contribution in [0.2, 0.25) is 0 Å². The normalized spacial score (nSPS) is 14.4. The second-order valence-corrected chi connectivity index (χ2v) is 11.8. The molecular weight excluding hydrogens is 613 g/mol. The summed E-state index contributed by atoms with van der Waals surface area (Å²) in [4.78, 5) is 13.6. The van der Waals surface area contributed by atoms with Crippen molar-refractivity contribution in [2.24, 2.45) is 0 Å². The summed E-state index contributed by atoms with van der Waals surface area (Å²) >= 11 is 0. The maximum atomic E-state index is 8.67. The molecule has 7 aromatic carbocycles. The molecule has 0 amide bonds. The summed E-state index contributed by atoms with van der Waals surface area (Å²) < 4.78 is 92.7. The lowest BCUT2D eigenvalue weighted by atomic mass is 10.0. The van der Waals surface area contributed by atoms with E-state index in [0.29, 0.717) is 22.1 Å². The summed E-state index contributed by atoms with van der Waals surface area (Å²) in [7, 11) is 0. The third kappa shape index (κ3) is 4.67. The average molecular weight is 651 g/mol. The van der Waals surface area contributed by atoms with Crippen molar-refractivity contribution < 1.29 is 18.1 Å². The number of nitrogens with zero attached hydrogens (tertiary/aromatic N) is 4. The lowest BCUT2D eigenvalue weighted by molar-refractivity contribution is 0.669. The first-order valence-electron chi connectivity index (χ1n) is 20.9. The molecule has 0 radical (unpaired) electrons. The Kier molecular flexibility index (Phi) is 4.52. The molecule has 5 heteroatoms. The summed E-state index contributed by atoms with van der Waals surface area (Å²) in [5.74, 6) is -0.698. The highest BCUT2D eigenvalue weighted by Crippen LogP contribution is 2.38. The van der Waals surface area contributed by atoms with Crippen LogP contribution in [0.3, 0.4) is 0 Å². The minimum atomic E-state index is -0.612. The average Bonchev–Trinajstić information content (AvgIpc) is 3.81. The molecule has 0 unspecified atom stereocenters. The monoisotopic (exact) mass is 650 g/mol. The summed E-state index contributed by atoms with van der Waals surface area (Å²) in [6.07, 6.45) is 0. The summed E-state index contributed by atoms with van der Waals surface area (Å²) in [5.41, 5.74) is 6.03. The van der Waals surface area contributed by atoms with Crippen molar-refractivity contribution in [2.45, 2.75) is 0 Å². The van der Waals surface area contributed by atoms with Gasteiger partial charge in [0.15, 0.2) is 17.5 Å². The smallest absolute Gasteiger partial charge is 0.164 e. The molecular formula is C45H28N4O. The highest BCUT2D eigenvalue weighted by atomic mass is 16.3. The zero-order valence-corrected chi connectivity index (χ0v) is 26.1. The summed E-state index contributed by atoms with van der Waals surface area (Å²) in [6.45, 7) is 0. The van der Waals surface area contributed by atoms with E-state index in [4.69, 9.17) is 18.1 Å². The molecule has 3 aromatic heterocycles. The zero-order valence-electron chi connectivity index (χ0n) is 36.1. The van der Waals surface area contributed by atoms with E-state index in [0.717, 1.165) is 44.0 Å². The van der Waals surface area contributed by atoms with Gasteiger partial charge in [0.25, 0.3) is 0 Å². The molecule has 10 rings (SSSR count). The van der Waals surface area contributed by atoms with Crippen molar-refractivity contribution in [3.8, 4) is 51.0 Å². The first-order valence-corrected chi connectivity index (χ1v) is 15.9. The van der Waals surface area contributed by atoms with E-state index in [1.165, 1.54) is 0 Å². The molecule has 3 heterocycles. The van der Waals surface area contributed by atoms with Gasteiger partial charge in [-0.1, -0.05) is 121 Å². The molecule has 5 nitrogen and oxygen atoms in total. The lowest BCUT2D eigenvalue weighted by Gasteiger charge is -2.10. The van der Waals surface area contributed by atoms with Crippen LogP contribution >= 0.6 is 0 Å². The fraction of sp³-hybridized carbons (Fsp3) is 0. The number of fused-ring (bicyclic) bond motifs is 6. The van der Waals surface area contributed by atoms with Gasteiger partial charge in [0.2, 0.25) is 0 Å². The van der Waals surface area contributed by atoms with E-state index < -0.39 is 60.4 Å². The fourth-order valence-electron chi connectivity index (χ4n) is 6.55. The molecule has 0 fully saturated rings. The van der Waals surface area contributed by atoms with Crippen LogP contribution in [0.1, 0.15) is 13.7 Å². The SMILES string of the molecule is [2H]c1c([2H])c([2H])c(-c2nc(-c3ccc4oc5ccc(-n6c7ccccc7c7ccc(-c8ccccc8)cc76)cc5c4c3)nc(-c3c([2H])c([2H])c([2H])c([2H])c3[2H])n2)c([2H])c1[2H]. The number of para-hydroxylation sites is 1. The number of hydrogen-bond acceptors (Lipinski definition) is 4. The van der Waals surface area contributed by atoms with Crippen LogP contribution in [-0.2, 0) is 0 Å². The van der Waals surface area contributed by atoms with Crippen LogP contribution < -0.4 is 0 Å². The topological polar surface area (TPSA) is 56.7 Å². The molecule has 0 N–H and O–H groups in total. The largest absolute Gasteiger partial charge is 0.456 e. The molecule has 0 spiro atoms. The molecule has 50 heavy (non-hydrogen) atoms. The molecule has 0 aliphatic carbocycles. The summed E-state index contributed by atoms with van der Waals surface area (Å²) in [6, 6.07) is 30.2. The predicted octanol–water partition coefficient (Wildman–Crippen LogP) is 11.5. The van der Waals surface area contributed by atoms with Crippen LogP contribution in [0.15, 0.2) is 174 Å². The number of hydrogen-bond donors (Lipinski definition) is 0. The van der Waals surface area contributed by atoms with Gasteiger partial charge in [-0.3, -0.25) is 0 Å². The Morgan fingerprint density at radius 2 is 1.00 bits per heavy atom. The predicted molar refractivity (Wildman–Crippen MR) is 203 cm³/mol. The van der Waals surface area contributed by atoms with Gasteiger partial charge < -0.3 is 8.98 Å². The van der Waals surface area contributed by atoms with Crippen molar-refractivity contribution in [3.05, 3.63) is 170 Å². The Bertz CT molecular complexity index is 3310. The Morgan fingerprint density at radius 1 is 0.420 bits per heavy atom. The van der Waals surface area contributed by atoms with Crippen LogP contribution in [0.25, 0.3) is 94.7 Å². The Morgan fingerprint density at radius 3 is 1.72 bits per heavy atom. The highest BCUT2D eigenvalue weighted by Gasteiger charge is 2.17. The van der Waals surface area contributed by atoms with E-state index in [1.807, 2.05) is 42.5 Å². The van der Waals surface area contributed by atoms with Gasteiger partial charge in [0.1, 0.15) is 11.2 Å². The minimum absolute atomic E-state index is 0.0307. The van der Waals surface area contributed by atoms with Gasteiger partial charge >= 0.3 is 0 Å². The number of aromatic nitrogens is 4. The van der Waals surface area contributed by atoms with Crippen molar-refractivity contribution in [3.63, 3.8) is 0 Å². The number of rotatable bonds is 5. The second kappa shape index (κ2) is 11.4. The zero-order chi connectivity index (χ0) is 41.7. The minimum Gasteiger partial charge on any atom is -0.456 e. The van der Waals surface area contributed by atoms with Gasteiger partial charge in [-0.2, -0.15) is 0 Å². The van der Waals surface area contributed by atoms with E-state index in [-0.39, 0.29) is 28.6 Å². The molecule has 0 aliphatic rings. The van der Waals surface area contributed by atoms with E-state index in [1.54, 1.807) is 18.2 Å². The third-order valence-corrected chi connectivity index (χ3v) is 8.83. The Labute approximate surface area is 301 Å². The van der Waals surface area contributed by atoms with Crippen LogP contribution in [0.5, 0.6) is 0 Å². The van der Waals surface area contributed by atoms with Gasteiger partial charge in [0, 0.05) is 43.9 Å². The van der Waals surface area contributed by atoms with Gasteiger partial charge in [-0.15, -0.1) is 0 Å². The van der Waals surface area contributed by atoms with Crippen molar-refractivity contribution in [1.82, 2.24) is 19.5 Å². The van der Waals surface area contributed by atoms with E-state index >= 15 is 0 Å². The van der Waals surface area contributed by atoms with Crippen LogP contribution in [0, 0.1) is 0 Å². The number of benzene rings is 7. The van der Waals surface area contributed by atoms with Crippen molar-refractivity contribution in [1.29, 1.82) is 0 Å². The lowest BCUT2D eigenvalue weighted by Crippen LogP contribution is -2.00. The second-order valence-electron chi connectivity index (χ2n) is 11.8. The van der Waals surface area contributed by atoms with E-state index in [2.05, 4.69) is 68.0 Å². The third-order valence-electron chi connectivity index (χ3n) is 8.83. The fourth-order valence-corrected chi connectivity index (χ4v) is 6.55. The first-order chi connectivity index (χ1) is 28.9. The molecule has 0 atom stereocenters. The molecule has 0 saturated carbocycles. The van der Waals surface area contributed by atoms with Gasteiger partial charge in [0.05, 0.1) is 24.7 Å². The van der Waals surface area contributed by atoms with Crippen LogP contribution in [0.4, 0.5) is 0 Å². The summed E-state index contributed by atoms with van der Waals surface area (Å²) in [5, 5.41) is 3.68. The molecule has 10 aromatic rings. The van der Waals surface area contributed by atoms with E-state index in [9.17, 15) is 0 Å². The molecule has 0 bridgehead atoms. The van der Waals surface area contributed by atoms with Crippen LogP contribution in [-0.4, -0.2) is 19.5 Å². The maximum absolute atomic E-state index is 8.67. The quantitative estimate of drug-likeness (QED) is 0.186. The highest BCUT2D eigenvalue weighted by molar-refractivity contribution is 6.11. The molecule has 0 aliphatic heterocycles. The van der Waals surface area contributed by atoms with Gasteiger partial charge in [-0.25, -0.2) is 15.0 Å².